The van der Waals surface area contributed by atoms with E-state index < -0.39 is 0 Å². The Morgan fingerprint density at radius 2 is 1.95 bits per heavy atom. The SMILES string of the molecule is COCC1(CN=C(N)NC2CCCCC2)CCOCC1.I. The van der Waals surface area contributed by atoms with Gasteiger partial charge in [-0.1, -0.05) is 19.3 Å². The number of nitrogens with one attached hydrogen (secondary N) is 1. The first-order chi connectivity index (χ1) is 9.74. The zero-order valence-corrected chi connectivity index (χ0v) is 15.4. The molecule has 2 rings (SSSR count). The second kappa shape index (κ2) is 9.84. The number of nitrogens with zero attached hydrogens (tertiary/aromatic N) is 1. The third-order valence-corrected chi connectivity index (χ3v) is 4.55. The zero-order chi connectivity index (χ0) is 14.3. The first kappa shape index (κ1) is 19.0. The van der Waals surface area contributed by atoms with Crippen molar-refractivity contribution in [3.05, 3.63) is 0 Å². The number of nitrogens with two attached hydrogens (primary N) is 1. The van der Waals surface area contributed by atoms with Crippen molar-refractivity contribution in [3.8, 4) is 0 Å². The number of hydrogen-bond acceptors (Lipinski definition) is 3. The van der Waals surface area contributed by atoms with Crippen molar-refractivity contribution >= 4 is 29.9 Å². The Labute approximate surface area is 145 Å². The van der Waals surface area contributed by atoms with E-state index in [1.807, 2.05) is 0 Å². The number of ether oxygens (including phenoxy) is 2. The number of rotatable bonds is 5. The molecular formula is C15H30IN3O2. The predicted octanol–water partition coefficient (Wildman–Crippen LogP) is 2.28. The molecule has 0 aromatic heterocycles. The molecule has 1 heterocycles. The predicted molar refractivity (Wildman–Crippen MR) is 96.3 cm³/mol. The Kier molecular flexibility index (Phi) is 8.89. The van der Waals surface area contributed by atoms with Gasteiger partial charge >= 0.3 is 0 Å². The van der Waals surface area contributed by atoms with Crippen molar-refractivity contribution in [2.75, 3.05) is 33.5 Å². The fourth-order valence-corrected chi connectivity index (χ4v) is 3.21. The highest BCUT2D eigenvalue weighted by atomic mass is 127. The Balaban J connectivity index is 0.00000220. The van der Waals surface area contributed by atoms with E-state index in [1.165, 1.54) is 32.1 Å². The maximum atomic E-state index is 6.04. The van der Waals surface area contributed by atoms with Crippen molar-refractivity contribution in [3.63, 3.8) is 0 Å². The molecule has 6 heteroatoms. The molecule has 0 radical (unpaired) electrons. The van der Waals surface area contributed by atoms with Crippen molar-refractivity contribution in [2.24, 2.45) is 16.1 Å². The lowest BCUT2D eigenvalue weighted by Gasteiger charge is -2.35. The number of halogens is 1. The van der Waals surface area contributed by atoms with E-state index in [9.17, 15) is 0 Å². The summed E-state index contributed by atoms with van der Waals surface area (Å²) in [5, 5.41) is 3.37. The molecule has 0 spiro atoms. The lowest BCUT2D eigenvalue weighted by Crippen LogP contribution is -2.43. The normalized spacial score (nSPS) is 23.4. The highest BCUT2D eigenvalue weighted by Crippen LogP contribution is 2.31. The lowest BCUT2D eigenvalue weighted by molar-refractivity contribution is -0.0223. The molecule has 21 heavy (non-hydrogen) atoms. The van der Waals surface area contributed by atoms with Crippen LogP contribution in [-0.2, 0) is 9.47 Å². The molecule has 0 bridgehead atoms. The van der Waals surface area contributed by atoms with Crippen LogP contribution in [-0.4, -0.2) is 45.5 Å². The van der Waals surface area contributed by atoms with Crippen LogP contribution in [0.4, 0.5) is 0 Å². The summed E-state index contributed by atoms with van der Waals surface area (Å²) >= 11 is 0. The summed E-state index contributed by atoms with van der Waals surface area (Å²) in [5.41, 5.74) is 6.15. The Morgan fingerprint density at radius 1 is 1.29 bits per heavy atom. The van der Waals surface area contributed by atoms with E-state index >= 15 is 0 Å². The molecule has 0 aromatic rings. The van der Waals surface area contributed by atoms with Gasteiger partial charge in [0, 0.05) is 31.8 Å². The van der Waals surface area contributed by atoms with Gasteiger partial charge in [0.1, 0.15) is 0 Å². The summed E-state index contributed by atoms with van der Waals surface area (Å²) in [6, 6.07) is 0.514. The third kappa shape index (κ3) is 6.28. The van der Waals surface area contributed by atoms with Crippen LogP contribution < -0.4 is 11.1 Å². The van der Waals surface area contributed by atoms with Crippen molar-refractivity contribution < 1.29 is 9.47 Å². The summed E-state index contributed by atoms with van der Waals surface area (Å²) in [4.78, 5) is 4.58. The van der Waals surface area contributed by atoms with E-state index in [2.05, 4.69) is 10.3 Å². The van der Waals surface area contributed by atoms with Crippen LogP contribution >= 0.6 is 24.0 Å². The van der Waals surface area contributed by atoms with Gasteiger partial charge < -0.3 is 20.5 Å². The summed E-state index contributed by atoms with van der Waals surface area (Å²) in [5.74, 6) is 0.596. The van der Waals surface area contributed by atoms with E-state index in [0.29, 0.717) is 12.0 Å². The van der Waals surface area contributed by atoms with Gasteiger partial charge in [-0.2, -0.15) is 0 Å². The summed E-state index contributed by atoms with van der Waals surface area (Å²) in [6.45, 7) is 3.07. The van der Waals surface area contributed by atoms with E-state index in [4.69, 9.17) is 15.2 Å². The molecule has 5 nitrogen and oxygen atoms in total. The second-order valence-corrected chi connectivity index (χ2v) is 6.23. The van der Waals surface area contributed by atoms with Crippen LogP contribution in [0.5, 0.6) is 0 Å². The van der Waals surface area contributed by atoms with Crippen LogP contribution in [0.25, 0.3) is 0 Å². The van der Waals surface area contributed by atoms with E-state index in [-0.39, 0.29) is 29.4 Å². The number of aliphatic imine (C=N–C) groups is 1. The largest absolute Gasteiger partial charge is 0.384 e. The standard InChI is InChI=1S/C15H29N3O2.HI/c1-19-12-15(7-9-20-10-8-15)11-17-14(16)18-13-5-3-2-4-6-13;/h13H,2-12H2,1H3,(H3,16,17,18);1H. The molecule has 2 fully saturated rings. The Hall–Kier alpha value is -0.0800. The van der Waals surface area contributed by atoms with Gasteiger partial charge in [-0.05, 0) is 25.7 Å². The average Bonchev–Trinajstić information content (AvgIpc) is 2.48. The van der Waals surface area contributed by atoms with Crippen LogP contribution in [0.3, 0.4) is 0 Å². The molecule has 0 amide bonds. The first-order valence-corrected chi connectivity index (χ1v) is 7.87. The Bertz CT molecular complexity index is 309. The van der Waals surface area contributed by atoms with Gasteiger partial charge in [-0.25, -0.2) is 0 Å². The molecule has 1 saturated heterocycles. The first-order valence-electron chi connectivity index (χ1n) is 7.87. The average molecular weight is 411 g/mol. The second-order valence-electron chi connectivity index (χ2n) is 6.23. The fourth-order valence-electron chi connectivity index (χ4n) is 3.21. The highest BCUT2D eigenvalue weighted by Gasteiger charge is 2.32. The minimum absolute atomic E-state index is 0. The summed E-state index contributed by atoms with van der Waals surface area (Å²) in [6.07, 6.45) is 8.39. The number of guanidine groups is 1. The van der Waals surface area contributed by atoms with Gasteiger partial charge in [0.05, 0.1) is 13.2 Å². The smallest absolute Gasteiger partial charge is 0.188 e. The molecule has 0 aromatic carbocycles. The van der Waals surface area contributed by atoms with Crippen LogP contribution in [0.2, 0.25) is 0 Å². The quantitative estimate of drug-likeness (QED) is 0.414. The van der Waals surface area contributed by atoms with Gasteiger partial charge in [0.25, 0.3) is 0 Å². The molecule has 0 atom stereocenters. The minimum atomic E-state index is 0. The maximum absolute atomic E-state index is 6.04. The lowest BCUT2D eigenvalue weighted by atomic mass is 9.81. The fraction of sp³-hybridized carbons (Fsp3) is 0.933. The molecule has 1 aliphatic heterocycles. The van der Waals surface area contributed by atoms with E-state index in [0.717, 1.165) is 39.2 Å². The molecule has 0 unspecified atom stereocenters. The molecule has 1 saturated carbocycles. The van der Waals surface area contributed by atoms with Gasteiger partial charge in [-0.3, -0.25) is 4.99 Å². The summed E-state index contributed by atoms with van der Waals surface area (Å²) in [7, 11) is 1.75. The molecule has 1 aliphatic carbocycles. The van der Waals surface area contributed by atoms with Gasteiger partial charge in [0.2, 0.25) is 0 Å². The molecule has 124 valence electrons. The third-order valence-electron chi connectivity index (χ3n) is 4.55. The van der Waals surface area contributed by atoms with Crippen molar-refractivity contribution in [2.45, 2.75) is 51.0 Å². The van der Waals surface area contributed by atoms with Gasteiger partial charge in [0.15, 0.2) is 5.96 Å². The monoisotopic (exact) mass is 411 g/mol. The van der Waals surface area contributed by atoms with Gasteiger partial charge in [-0.15, -0.1) is 24.0 Å². The molecule has 3 N–H and O–H groups in total. The molecule has 2 aliphatic rings. The van der Waals surface area contributed by atoms with Crippen LogP contribution in [0.1, 0.15) is 44.9 Å². The van der Waals surface area contributed by atoms with Crippen LogP contribution in [0.15, 0.2) is 4.99 Å². The maximum Gasteiger partial charge on any atom is 0.188 e. The Morgan fingerprint density at radius 3 is 2.57 bits per heavy atom. The topological polar surface area (TPSA) is 68.9 Å². The summed E-state index contributed by atoms with van der Waals surface area (Å²) < 4.78 is 10.8. The van der Waals surface area contributed by atoms with E-state index in [1.54, 1.807) is 7.11 Å². The van der Waals surface area contributed by atoms with Crippen molar-refractivity contribution in [1.29, 1.82) is 0 Å². The molecular weight excluding hydrogens is 381 g/mol. The van der Waals surface area contributed by atoms with Crippen molar-refractivity contribution in [1.82, 2.24) is 5.32 Å². The van der Waals surface area contributed by atoms with Crippen LogP contribution in [0, 0.1) is 5.41 Å². The minimum Gasteiger partial charge on any atom is -0.384 e. The number of hydrogen-bond donors (Lipinski definition) is 2. The number of methoxy groups -OCH3 is 1. The zero-order valence-electron chi connectivity index (χ0n) is 13.1. The highest BCUT2D eigenvalue weighted by molar-refractivity contribution is 14.0.